The molecule has 2 unspecified atom stereocenters. The fourth-order valence-electron chi connectivity index (χ4n) is 2.91. The molecule has 0 aliphatic carbocycles. The molecule has 1 aliphatic heterocycles. The van der Waals surface area contributed by atoms with E-state index in [0.717, 1.165) is 11.3 Å². The minimum Gasteiger partial charge on any atom is -0.497 e. The zero-order chi connectivity index (χ0) is 17.8. The van der Waals surface area contributed by atoms with Crippen molar-refractivity contribution in [2.75, 3.05) is 26.7 Å². The van der Waals surface area contributed by atoms with Gasteiger partial charge in [0.05, 0.1) is 18.8 Å². The first-order valence-corrected chi connectivity index (χ1v) is 8.19. The average molecular weight is 344 g/mol. The van der Waals surface area contributed by atoms with Crippen molar-refractivity contribution in [2.24, 2.45) is 5.92 Å². The largest absolute Gasteiger partial charge is 0.497 e. The fourth-order valence-corrected chi connectivity index (χ4v) is 2.91. The zero-order valence-electron chi connectivity index (χ0n) is 14.0. The monoisotopic (exact) mass is 344 g/mol. The Bertz CT molecular complexity index is 749. The SMILES string of the molecule is COc1ccc(-c2ccc(C(=O)NCC3CNCC3O)c(F)c2)cc1. The summed E-state index contributed by atoms with van der Waals surface area (Å²) >= 11 is 0. The molecule has 6 heteroatoms. The lowest BCUT2D eigenvalue weighted by Crippen LogP contribution is -2.34. The van der Waals surface area contributed by atoms with Gasteiger partial charge in [0.25, 0.3) is 5.91 Å². The summed E-state index contributed by atoms with van der Waals surface area (Å²) in [6, 6.07) is 11.8. The number of ether oxygens (including phenoxy) is 1. The van der Waals surface area contributed by atoms with Gasteiger partial charge in [-0.1, -0.05) is 18.2 Å². The molecule has 2 aromatic rings. The first-order valence-electron chi connectivity index (χ1n) is 8.19. The fraction of sp³-hybridized carbons (Fsp3) is 0.316. The van der Waals surface area contributed by atoms with E-state index in [1.807, 2.05) is 12.1 Å². The van der Waals surface area contributed by atoms with Gasteiger partial charge in [-0.25, -0.2) is 4.39 Å². The van der Waals surface area contributed by atoms with Gasteiger partial charge < -0.3 is 20.5 Å². The number of carbonyl (C=O) groups is 1. The van der Waals surface area contributed by atoms with Crippen LogP contribution >= 0.6 is 0 Å². The molecule has 2 aromatic carbocycles. The number of nitrogens with one attached hydrogen (secondary N) is 2. The van der Waals surface area contributed by atoms with Gasteiger partial charge in [-0.2, -0.15) is 0 Å². The lowest BCUT2D eigenvalue weighted by Gasteiger charge is -2.14. The quantitative estimate of drug-likeness (QED) is 0.774. The van der Waals surface area contributed by atoms with Gasteiger partial charge in [-0.05, 0) is 35.4 Å². The van der Waals surface area contributed by atoms with Crippen molar-refractivity contribution in [3.05, 3.63) is 53.8 Å². The van der Waals surface area contributed by atoms with Crippen molar-refractivity contribution >= 4 is 5.91 Å². The third kappa shape index (κ3) is 3.97. The molecule has 1 fully saturated rings. The summed E-state index contributed by atoms with van der Waals surface area (Å²) in [4.78, 5) is 12.2. The van der Waals surface area contributed by atoms with E-state index in [0.29, 0.717) is 25.2 Å². The first-order chi connectivity index (χ1) is 12.1. The van der Waals surface area contributed by atoms with Crippen molar-refractivity contribution in [3.63, 3.8) is 0 Å². The highest BCUT2D eigenvalue weighted by Gasteiger charge is 2.25. The third-order valence-electron chi connectivity index (χ3n) is 4.47. The molecular weight excluding hydrogens is 323 g/mol. The van der Waals surface area contributed by atoms with Gasteiger partial charge in [0, 0.05) is 25.6 Å². The van der Waals surface area contributed by atoms with Gasteiger partial charge in [-0.15, -0.1) is 0 Å². The topological polar surface area (TPSA) is 70.6 Å². The smallest absolute Gasteiger partial charge is 0.254 e. The van der Waals surface area contributed by atoms with E-state index < -0.39 is 17.8 Å². The summed E-state index contributed by atoms with van der Waals surface area (Å²) < 4.78 is 19.5. The van der Waals surface area contributed by atoms with Crippen molar-refractivity contribution < 1.29 is 19.0 Å². The Morgan fingerprint density at radius 2 is 1.96 bits per heavy atom. The highest BCUT2D eigenvalue weighted by molar-refractivity contribution is 5.95. The van der Waals surface area contributed by atoms with Crippen LogP contribution in [0.5, 0.6) is 5.75 Å². The van der Waals surface area contributed by atoms with Gasteiger partial charge in [-0.3, -0.25) is 4.79 Å². The molecule has 25 heavy (non-hydrogen) atoms. The number of halogens is 1. The number of amides is 1. The normalized spacial score (nSPS) is 19.6. The van der Waals surface area contributed by atoms with E-state index >= 15 is 0 Å². The molecule has 5 nitrogen and oxygen atoms in total. The number of hydrogen-bond acceptors (Lipinski definition) is 4. The second-order valence-electron chi connectivity index (χ2n) is 6.12. The molecule has 132 valence electrons. The molecule has 3 rings (SSSR count). The second-order valence-corrected chi connectivity index (χ2v) is 6.12. The van der Waals surface area contributed by atoms with Crippen LogP contribution in [0.25, 0.3) is 11.1 Å². The summed E-state index contributed by atoms with van der Waals surface area (Å²) in [5.74, 6) is -0.372. The minimum absolute atomic E-state index is 0.00212. The zero-order valence-corrected chi connectivity index (χ0v) is 14.0. The molecule has 0 aromatic heterocycles. The summed E-state index contributed by atoms with van der Waals surface area (Å²) in [6.07, 6.45) is -0.484. The third-order valence-corrected chi connectivity index (χ3v) is 4.47. The van der Waals surface area contributed by atoms with E-state index in [9.17, 15) is 14.3 Å². The standard InChI is InChI=1S/C19H21FN2O3/c1-25-15-5-2-12(3-6-15)13-4-7-16(17(20)8-13)19(24)22-10-14-9-21-11-18(14)23/h2-8,14,18,21,23H,9-11H2,1H3,(H,22,24). The lowest BCUT2D eigenvalue weighted by atomic mass is 10.0. The summed E-state index contributed by atoms with van der Waals surface area (Å²) in [6.45, 7) is 1.47. The van der Waals surface area contributed by atoms with Crippen LogP contribution in [0.4, 0.5) is 4.39 Å². The Kier molecular flexibility index (Phi) is 5.31. The van der Waals surface area contributed by atoms with E-state index in [1.165, 1.54) is 12.1 Å². The van der Waals surface area contributed by atoms with Crippen molar-refractivity contribution in [3.8, 4) is 16.9 Å². The van der Waals surface area contributed by atoms with Crippen LogP contribution in [0.1, 0.15) is 10.4 Å². The maximum Gasteiger partial charge on any atom is 0.254 e. The molecule has 1 saturated heterocycles. The minimum atomic E-state index is -0.573. The Morgan fingerprint density at radius 3 is 2.56 bits per heavy atom. The van der Waals surface area contributed by atoms with Crippen LogP contribution < -0.4 is 15.4 Å². The van der Waals surface area contributed by atoms with Gasteiger partial charge >= 0.3 is 0 Å². The van der Waals surface area contributed by atoms with Gasteiger partial charge in [0.2, 0.25) is 0 Å². The van der Waals surface area contributed by atoms with Crippen LogP contribution in [0.3, 0.4) is 0 Å². The van der Waals surface area contributed by atoms with Crippen LogP contribution in [0.2, 0.25) is 0 Å². The summed E-state index contributed by atoms with van der Waals surface area (Å²) in [5, 5.41) is 15.5. The van der Waals surface area contributed by atoms with E-state index in [-0.39, 0.29) is 11.5 Å². The number of β-amino-alcohol motifs (C(OH)–C–C–N with tert-alkyl or cyclic N) is 1. The number of aliphatic hydroxyl groups is 1. The molecule has 0 radical (unpaired) electrons. The molecule has 1 amide bonds. The predicted octanol–water partition coefficient (Wildman–Crippen LogP) is 1.81. The molecule has 0 bridgehead atoms. The first kappa shape index (κ1) is 17.4. The van der Waals surface area contributed by atoms with Crippen molar-refractivity contribution in [1.82, 2.24) is 10.6 Å². The lowest BCUT2D eigenvalue weighted by molar-refractivity contribution is 0.0923. The Labute approximate surface area is 145 Å². The summed E-state index contributed by atoms with van der Waals surface area (Å²) in [5.41, 5.74) is 1.52. The molecule has 0 saturated carbocycles. The highest BCUT2D eigenvalue weighted by Crippen LogP contribution is 2.24. The van der Waals surface area contributed by atoms with Crippen molar-refractivity contribution in [1.29, 1.82) is 0 Å². The summed E-state index contributed by atoms with van der Waals surface area (Å²) in [7, 11) is 1.59. The maximum absolute atomic E-state index is 14.4. The Balaban J connectivity index is 1.69. The van der Waals surface area contributed by atoms with Crippen LogP contribution in [-0.2, 0) is 0 Å². The van der Waals surface area contributed by atoms with E-state index in [4.69, 9.17) is 4.74 Å². The highest BCUT2D eigenvalue weighted by atomic mass is 19.1. The molecule has 1 heterocycles. The van der Waals surface area contributed by atoms with Gasteiger partial charge in [0.15, 0.2) is 0 Å². The Hall–Kier alpha value is -2.44. The molecule has 2 atom stereocenters. The predicted molar refractivity (Wildman–Crippen MR) is 93.1 cm³/mol. The van der Waals surface area contributed by atoms with Crippen molar-refractivity contribution in [2.45, 2.75) is 6.10 Å². The van der Waals surface area contributed by atoms with E-state index in [2.05, 4.69) is 10.6 Å². The molecular formula is C19H21FN2O3. The number of carbonyl (C=O) groups excluding carboxylic acids is 1. The number of hydrogen-bond donors (Lipinski definition) is 3. The maximum atomic E-state index is 14.4. The van der Waals surface area contributed by atoms with Gasteiger partial charge in [0.1, 0.15) is 11.6 Å². The number of benzene rings is 2. The number of aliphatic hydroxyl groups excluding tert-OH is 1. The molecule has 0 spiro atoms. The number of rotatable bonds is 5. The Morgan fingerprint density at radius 1 is 1.24 bits per heavy atom. The second kappa shape index (κ2) is 7.63. The van der Waals surface area contributed by atoms with Crippen LogP contribution in [-0.4, -0.2) is 43.9 Å². The average Bonchev–Trinajstić information content (AvgIpc) is 3.04. The van der Waals surface area contributed by atoms with Crippen LogP contribution in [0, 0.1) is 11.7 Å². The molecule has 3 N–H and O–H groups in total. The number of methoxy groups -OCH3 is 1. The molecule has 1 aliphatic rings. The van der Waals surface area contributed by atoms with Crippen LogP contribution in [0.15, 0.2) is 42.5 Å². The van der Waals surface area contributed by atoms with E-state index in [1.54, 1.807) is 25.3 Å².